The van der Waals surface area contributed by atoms with Crippen molar-refractivity contribution in [3.8, 4) is 11.5 Å². The lowest BCUT2D eigenvalue weighted by Gasteiger charge is -2.14. The van der Waals surface area contributed by atoms with E-state index in [9.17, 15) is 13.2 Å². The highest BCUT2D eigenvalue weighted by Gasteiger charge is 2.19. The summed E-state index contributed by atoms with van der Waals surface area (Å²) in [4.78, 5) is 11.6. The van der Waals surface area contributed by atoms with Gasteiger partial charge in [0.25, 0.3) is 10.0 Å². The second-order valence-corrected chi connectivity index (χ2v) is 7.13. The van der Waals surface area contributed by atoms with Crippen molar-refractivity contribution < 1.29 is 27.4 Å². The summed E-state index contributed by atoms with van der Waals surface area (Å²) in [6, 6.07) is 8.25. The third-order valence-electron chi connectivity index (χ3n) is 3.39. The van der Waals surface area contributed by atoms with Gasteiger partial charge in [-0.25, -0.2) is 13.2 Å². The van der Waals surface area contributed by atoms with Gasteiger partial charge in [0, 0.05) is 6.07 Å². The monoisotopic (exact) mass is 399 g/mol. The number of sulfonamides is 1. The topological polar surface area (TPSA) is 90.9 Å². The fourth-order valence-electron chi connectivity index (χ4n) is 2.13. The quantitative estimate of drug-likeness (QED) is 0.718. The largest absolute Gasteiger partial charge is 0.495 e. The molecule has 0 heterocycles. The number of halogens is 1. The normalized spacial score (nSPS) is 10.9. The van der Waals surface area contributed by atoms with E-state index < -0.39 is 16.0 Å². The van der Waals surface area contributed by atoms with Crippen LogP contribution in [0.5, 0.6) is 11.5 Å². The number of hydrogen-bond acceptors (Lipinski definition) is 6. The van der Waals surface area contributed by atoms with Crippen LogP contribution in [0.4, 0.5) is 5.69 Å². The molecular formula is C17H18ClNO6S. The first-order valence-corrected chi connectivity index (χ1v) is 9.40. The molecule has 0 fully saturated rings. The van der Waals surface area contributed by atoms with E-state index in [0.29, 0.717) is 5.75 Å². The minimum atomic E-state index is -3.92. The van der Waals surface area contributed by atoms with Gasteiger partial charge in [0.2, 0.25) is 0 Å². The first-order valence-electron chi connectivity index (χ1n) is 7.54. The van der Waals surface area contributed by atoms with Crippen LogP contribution >= 0.6 is 11.6 Å². The molecule has 0 saturated heterocycles. The Bertz CT molecular complexity index is 896. The zero-order chi connectivity index (χ0) is 19.3. The van der Waals surface area contributed by atoms with Gasteiger partial charge >= 0.3 is 5.97 Å². The van der Waals surface area contributed by atoms with Crippen LogP contribution in [0.3, 0.4) is 0 Å². The van der Waals surface area contributed by atoms with Gasteiger partial charge in [0.15, 0.2) is 0 Å². The third kappa shape index (κ3) is 4.39. The van der Waals surface area contributed by atoms with Crippen LogP contribution in [-0.2, 0) is 14.8 Å². The highest BCUT2D eigenvalue weighted by Crippen LogP contribution is 2.36. The maximum absolute atomic E-state index is 12.6. The Labute approximate surface area is 156 Å². The molecule has 0 aromatic heterocycles. The summed E-state index contributed by atoms with van der Waals surface area (Å²) >= 11 is 6.05. The maximum atomic E-state index is 12.6. The Morgan fingerprint density at radius 3 is 2.23 bits per heavy atom. The van der Waals surface area contributed by atoms with Crippen molar-refractivity contribution in [2.45, 2.75) is 11.8 Å². The van der Waals surface area contributed by atoms with Crippen molar-refractivity contribution in [3.05, 3.63) is 47.0 Å². The lowest BCUT2D eigenvalue weighted by atomic mass is 10.2. The van der Waals surface area contributed by atoms with Gasteiger partial charge in [-0.1, -0.05) is 11.6 Å². The fraction of sp³-hybridized carbons (Fsp3) is 0.235. The summed E-state index contributed by atoms with van der Waals surface area (Å²) in [6.45, 7) is 1.92. The Morgan fingerprint density at radius 2 is 1.69 bits per heavy atom. The summed E-state index contributed by atoms with van der Waals surface area (Å²) in [6.07, 6.45) is 0. The molecule has 0 atom stereocenters. The van der Waals surface area contributed by atoms with Crippen LogP contribution in [-0.4, -0.2) is 35.2 Å². The second-order valence-electron chi connectivity index (χ2n) is 5.04. The number of anilines is 1. The van der Waals surface area contributed by atoms with Crippen LogP contribution in [0.15, 0.2) is 41.3 Å². The fourth-order valence-corrected chi connectivity index (χ4v) is 3.43. The molecule has 0 amide bonds. The van der Waals surface area contributed by atoms with Gasteiger partial charge in [-0.15, -0.1) is 0 Å². The highest BCUT2D eigenvalue weighted by molar-refractivity contribution is 7.92. The van der Waals surface area contributed by atoms with E-state index in [2.05, 4.69) is 4.72 Å². The first kappa shape index (κ1) is 19.9. The summed E-state index contributed by atoms with van der Waals surface area (Å²) in [5, 5.41) is 0.226. The second kappa shape index (κ2) is 8.29. The minimum absolute atomic E-state index is 0.0282. The predicted molar refractivity (Wildman–Crippen MR) is 97.8 cm³/mol. The average molecular weight is 400 g/mol. The molecule has 140 valence electrons. The van der Waals surface area contributed by atoms with E-state index >= 15 is 0 Å². The van der Waals surface area contributed by atoms with Gasteiger partial charge in [-0.3, -0.25) is 4.72 Å². The van der Waals surface area contributed by atoms with Crippen LogP contribution in [0.2, 0.25) is 5.02 Å². The van der Waals surface area contributed by atoms with Gasteiger partial charge < -0.3 is 14.2 Å². The number of methoxy groups -OCH3 is 2. The van der Waals surface area contributed by atoms with E-state index in [1.54, 1.807) is 6.92 Å². The van der Waals surface area contributed by atoms with Crippen molar-refractivity contribution in [2.75, 3.05) is 25.5 Å². The zero-order valence-electron chi connectivity index (χ0n) is 14.4. The molecule has 7 nitrogen and oxygen atoms in total. The molecule has 1 N–H and O–H groups in total. The predicted octanol–water partition coefficient (Wildman–Crippen LogP) is 3.33. The third-order valence-corrected chi connectivity index (χ3v) is 5.07. The Kier molecular flexibility index (Phi) is 6.33. The number of carbonyl (C=O) groups excluding carboxylic acids is 1. The minimum Gasteiger partial charge on any atom is -0.495 e. The number of ether oxygens (including phenoxy) is 3. The molecule has 0 bridgehead atoms. The standard InChI is InChI=1S/C17H18ClNO6S/c1-4-25-17(20)11-5-7-12(8-6-11)26(21,22)19-14-9-13(18)15(23-2)10-16(14)24-3/h5-10,19H,4H2,1-3H3. The van der Waals surface area contributed by atoms with Gasteiger partial charge in [0.05, 0.1) is 42.0 Å². The van der Waals surface area contributed by atoms with E-state index in [0.717, 1.165) is 0 Å². The number of esters is 1. The molecule has 0 radical (unpaired) electrons. The van der Waals surface area contributed by atoms with Crippen LogP contribution in [0, 0.1) is 0 Å². The summed E-state index contributed by atoms with van der Waals surface area (Å²) in [5.41, 5.74) is 0.420. The van der Waals surface area contributed by atoms with Gasteiger partial charge in [-0.05, 0) is 37.3 Å². The molecule has 0 aliphatic heterocycles. The van der Waals surface area contributed by atoms with Crippen LogP contribution in [0.1, 0.15) is 17.3 Å². The van der Waals surface area contributed by atoms with Crippen molar-refractivity contribution in [1.29, 1.82) is 0 Å². The number of carbonyl (C=O) groups is 1. The first-order chi connectivity index (χ1) is 12.3. The lowest BCUT2D eigenvalue weighted by Crippen LogP contribution is -2.14. The molecule has 0 unspecified atom stereocenters. The number of rotatable bonds is 7. The van der Waals surface area contributed by atoms with E-state index in [4.69, 9.17) is 25.8 Å². The molecule has 0 aliphatic rings. The number of hydrogen-bond donors (Lipinski definition) is 1. The molecular weight excluding hydrogens is 382 g/mol. The lowest BCUT2D eigenvalue weighted by molar-refractivity contribution is 0.0526. The van der Waals surface area contributed by atoms with Gasteiger partial charge in [-0.2, -0.15) is 0 Å². The van der Waals surface area contributed by atoms with E-state index in [1.807, 2.05) is 0 Å². The SMILES string of the molecule is CCOC(=O)c1ccc(S(=O)(=O)Nc2cc(Cl)c(OC)cc2OC)cc1. The Balaban J connectivity index is 2.31. The summed E-state index contributed by atoms with van der Waals surface area (Å²) in [7, 11) is -1.08. The van der Waals surface area contributed by atoms with Crippen molar-refractivity contribution in [1.82, 2.24) is 0 Å². The average Bonchev–Trinajstić information content (AvgIpc) is 2.62. The molecule has 26 heavy (non-hydrogen) atoms. The molecule has 0 saturated carbocycles. The zero-order valence-corrected chi connectivity index (χ0v) is 16.0. The van der Waals surface area contributed by atoms with Crippen LogP contribution in [0.25, 0.3) is 0 Å². The number of nitrogens with one attached hydrogen (secondary N) is 1. The van der Waals surface area contributed by atoms with Crippen molar-refractivity contribution in [2.24, 2.45) is 0 Å². The molecule has 9 heteroatoms. The molecule has 0 aliphatic carbocycles. The molecule has 2 aromatic rings. The summed E-state index contributed by atoms with van der Waals surface area (Å²) < 4.78 is 42.7. The Morgan fingerprint density at radius 1 is 1.08 bits per heavy atom. The van der Waals surface area contributed by atoms with E-state index in [-0.39, 0.29) is 33.5 Å². The maximum Gasteiger partial charge on any atom is 0.338 e. The van der Waals surface area contributed by atoms with Gasteiger partial charge in [0.1, 0.15) is 11.5 Å². The Hall–Kier alpha value is -2.45. The molecule has 0 spiro atoms. The smallest absolute Gasteiger partial charge is 0.338 e. The highest BCUT2D eigenvalue weighted by atomic mass is 35.5. The van der Waals surface area contributed by atoms with Crippen molar-refractivity contribution >= 4 is 33.3 Å². The molecule has 2 rings (SSSR count). The van der Waals surface area contributed by atoms with Crippen LogP contribution < -0.4 is 14.2 Å². The van der Waals surface area contributed by atoms with Crippen molar-refractivity contribution in [3.63, 3.8) is 0 Å². The molecule has 2 aromatic carbocycles. The van der Waals surface area contributed by atoms with E-state index in [1.165, 1.54) is 50.6 Å². The summed E-state index contributed by atoms with van der Waals surface area (Å²) in [5.74, 6) is 0.0798. The number of benzene rings is 2.